The van der Waals surface area contributed by atoms with Crippen molar-refractivity contribution >= 4 is 65.4 Å². The monoisotopic (exact) mass is 699 g/mol. The van der Waals surface area contributed by atoms with Crippen LogP contribution in [0, 0.1) is 22.7 Å². The second-order valence-corrected chi connectivity index (χ2v) is 14.0. The zero-order valence-electron chi connectivity index (χ0n) is 29.5. The lowest BCUT2D eigenvalue weighted by molar-refractivity contribution is 1.15. The maximum atomic E-state index is 10.5. The average molecular weight is 700 g/mol. The molecule has 0 saturated carbocycles. The molecule has 11 rings (SSSR count). The normalized spacial score (nSPS) is 11.6. The quantitative estimate of drug-likeness (QED) is 0.184. The summed E-state index contributed by atoms with van der Waals surface area (Å²) < 4.78 is 6.80. The van der Waals surface area contributed by atoms with Crippen molar-refractivity contribution in [3.8, 4) is 40.3 Å². The fraction of sp³-hybridized carbons (Fsp3) is 0. The highest BCUT2D eigenvalue weighted by Crippen LogP contribution is 2.38. The first-order valence-corrected chi connectivity index (χ1v) is 18.3. The number of benzene rings is 8. The van der Waals surface area contributed by atoms with E-state index in [0.717, 1.165) is 82.8 Å². The highest BCUT2D eigenvalue weighted by atomic mass is 15.0. The van der Waals surface area contributed by atoms with Crippen LogP contribution in [0.25, 0.3) is 93.6 Å². The molecule has 0 amide bonds. The molecule has 0 aliphatic carbocycles. The molecule has 0 N–H and O–H groups in total. The molecule has 0 radical (unpaired) electrons. The van der Waals surface area contributed by atoms with Gasteiger partial charge < -0.3 is 13.7 Å². The highest BCUT2D eigenvalue weighted by molar-refractivity contribution is 6.12. The molecule has 5 heteroatoms. The molecule has 11 aromatic rings. The van der Waals surface area contributed by atoms with E-state index in [1.165, 1.54) is 10.8 Å². The van der Waals surface area contributed by atoms with E-state index in [2.05, 4.69) is 171 Å². The van der Waals surface area contributed by atoms with Crippen LogP contribution < -0.4 is 0 Å². The molecule has 254 valence electrons. The number of nitriles is 2. The second kappa shape index (κ2) is 11.8. The van der Waals surface area contributed by atoms with Gasteiger partial charge in [0.15, 0.2) is 0 Å². The van der Waals surface area contributed by atoms with Gasteiger partial charge in [-0.15, -0.1) is 0 Å². The molecule has 8 aromatic carbocycles. The summed E-state index contributed by atoms with van der Waals surface area (Å²) in [6.07, 6.45) is 0. The van der Waals surface area contributed by atoms with Crippen molar-refractivity contribution in [3.63, 3.8) is 0 Å². The molecule has 0 aliphatic rings. The Kier molecular flexibility index (Phi) is 6.61. The summed E-state index contributed by atoms with van der Waals surface area (Å²) >= 11 is 0. The van der Waals surface area contributed by atoms with E-state index >= 15 is 0 Å². The molecule has 0 unspecified atom stereocenters. The minimum absolute atomic E-state index is 0.608. The Morgan fingerprint density at radius 2 is 0.782 bits per heavy atom. The van der Waals surface area contributed by atoms with Crippen molar-refractivity contribution < 1.29 is 0 Å². The van der Waals surface area contributed by atoms with Crippen LogP contribution in [-0.4, -0.2) is 13.7 Å². The second-order valence-electron chi connectivity index (χ2n) is 14.0. The third kappa shape index (κ3) is 4.51. The Bertz CT molecular complexity index is 3350. The number of fused-ring (bicyclic) bond motifs is 9. The fourth-order valence-corrected chi connectivity index (χ4v) is 8.68. The average Bonchev–Trinajstić information content (AvgIpc) is 3.88. The fourth-order valence-electron chi connectivity index (χ4n) is 8.68. The van der Waals surface area contributed by atoms with Gasteiger partial charge in [-0.1, -0.05) is 103 Å². The zero-order valence-corrected chi connectivity index (χ0v) is 29.5. The standard InChI is InChI=1S/C50H29N5/c51-30-32-17-24-42-43-25-23-37(54-45-13-5-1-9-38(45)39-10-2-6-14-46(39)54)29-50(43)53(49(42)27-32)36-21-18-33(19-22-36)34-20-26-44(35(28-34)31-52)55-47-15-7-3-11-40(47)41-12-4-8-16-48(41)55/h1-29H. The maximum absolute atomic E-state index is 10.5. The van der Waals surface area contributed by atoms with Crippen LogP contribution in [0.2, 0.25) is 0 Å². The van der Waals surface area contributed by atoms with Gasteiger partial charge in [-0.05, 0) is 83.9 Å². The summed E-state index contributed by atoms with van der Waals surface area (Å²) in [6.45, 7) is 0. The van der Waals surface area contributed by atoms with Gasteiger partial charge in [-0.3, -0.25) is 0 Å². The lowest BCUT2D eigenvalue weighted by Crippen LogP contribution is -1.98. The van der Waals surface area contributed by atoms with Gasteiger partial charge in [0, 0.05) is 43.7 Å². The van der Waals surface area contributed by atoms with E-state index in [1.54, 1.807) is 0 Å². The van der Waals surface area contributed by atoms with Crippen molar-refractivity contribution in [2.45, 2.75) is 0 Å². The number of hydrogen-bond acceptors (Lipinski definition) is 2. The first kappa shape index (κ1) is 30.7. The molecule has 0 bridgehead atoms. The Labute approximate surface area is 316 Å². The first-order chi connectivity index (χ1) is 27.2. The molecular weight excluding hydrogens is 671 g/mol. The zero-order chi connectivity index (χ0) is 36.6. The number of hydrogen-bond donors (Lipinski definition) is 0. The molecule has 3 heterocycles. The predicted octanol–water partition coefficient (Wildman–Crippen LogP) is 12.4. The van der Waals surface area contributed by atoms with Crippen molar-refractivity contribution in [1.29, 1.82) is 10.5 Å². The van der Waals surface area contributed by atoms with Crippen LogP contribution in [-0.2, 0) is 0 Å². The van der Waals surface area contributed by atoms with Crippen LogP contribution in [0.4, 0.5) is 0 Å². The summed E-state index contributed by atoms with van der Waals surface area (Å²) in [5.74, 6) is 0. The van der Waals surface area contributed by atoms with Crippen LogP contribution in [0.1, 0.15) is 11.1 Å². The molecule has 0 aliphatic heterocycles. The third-order valence-corrected chi connectivity index (χ3v) is 11.1. The molecule has 0 saturated heterocycles. The molecule has 0 fully saturated rings. The van der Waals surface area contributed by atoms with Crippen molar-refractivity contribution in [3.05, 3.63) is 187 Å². The molecular formula is C50H29N5. The summed E-state index contributed by atoms with van der Waals surface area (Å²) in [5.41, 5.74) is 12.6. The van der Waals surface area contributed by atoms with Gasteiger partial charge in [-0.2, -0.15) is 10.5 Å². The van der Waals surface area contributed by atoms with E-state index in [1.807, 2.05) is 30.3 Å². The van der Waals surface area contributed by atoms with Gasteiger partial charge in [-0.25, -0.2) is 0 Å². The molecule has 3 aromatic heterocycles. The summed E-state index contributed by atoms with van der Waals surface area (Å²) in [6, 6.07) is 65.9. The smallest absolute Gasteiger partial charge is 0.101 e. The summed E-state index contributed by atoms with van der Waals surface area (Å²) in [7, 11) is 0. The Morgan fingerprint density at radius 3 is 1.35 bits per heavy atom. The van der Waals surface area contributed by atoms with E-state index in [4.69, 9.17) is 0 Å². The van der Waals surface area contributed by atoms with Gasteiger partial charge in [0.05, 0.1) is 56.0 Å². The maximum Gasteiger partial charge on any atom is 0.101 e. The van der Waals surface area contributed by atoms with E-state index in [9.17, 15) is 10.5 Å². The van der Waals surface area contributed by atoms with Crippen LogP contribution >= 0.6 is 0 Å². The SMILES string of the molecule is N#Cc1ccc2c3ccc(-n4c5ccccc5c5ccccc54)cc3n(-c3ccc(-c4ccc(-n5c6ccccc6c6ccccc65)c(C#N)c4)cc3)c2c1. The van der Waals surface area contributed by atoms with Crippen LogP contribution in [0.5, 0.6) is 0 Å². The molecule has 55 heavy (non-hydrogen) atoms. The summed E-state index contributed by atoms with van der Waals surface area (Å²) in [5, 5.41) is 27.3. The lowest BCUT2D eigenvalue weighted by atomic mass is 10.0. The molecule has 0 atom stereocenters. The summed E-state index contributed by atoms with van der Waals surface area (Å²) in [4.78, 5) is 0. The minimum Gasteiger partial charge on any atom is -0.309 e. The number of aromatic nitrogens is 3. The minimum atomic E-state index is 0.608. The highest BCUT2D eigenvalue weighted by Gasteiger charge is 2.18. The van der Waals surface area contributed by atoms with Gasteiger partial charge in [0.25, 0.3) is 0 Å². The predicted molar refractivity (Wildman–Crippen MR) is 224 cm³/mol. The van der Waals surface area contributed by atoms with Gasteiger partial charge in [0.1, 0.15) is 6.07 Å². The third-order valence-electron chi connectivity index (χ3n) is 11.1. The van der Waals surface area contributed by atoms with Crippen molar-refractivity contribution in [1.82, 2.24) is 13.7 Å². The van der Waals surface area contributed by atoms with Gasteiger partial charge in [0.2, 0.25) is 0 Å². The Morgan fingerprint density at radius 1 is 0.327 bits per heavy atom. The first-order valence-electron chi connectivity index (χ1n) is 18.3. The number of para-hydroxylation sites is 4. The Balaban J connectivity index is 1.06. The van der Waals surface area contributed by atoms with E-state index < -0.39 is 0 Å². The van der Waals surface area contributed by atoms with Gasteiger partial charge >= 0.3 is 0 Å². The largest absolute Gasteiger partial charge is 0.309 e. The number of rotatable bonds is 4. The van der Waals surface area contributed by atoms with Crippen molar-refractivity contribution in [2.75, 3.05) is 0 Å². The van der Waals surface area contributed by atoms with E-state index in [-0.39, 0.29) is 0 Å². The molecule has 0 spiro atoms. The van der Waals surface area contributed by atoms with Crippen LogP contribution in [0.15, 0.2) is 176 Å². The van der Waals surface area contributed by atoms with Crippen molar-refractivity contribution in [2.24, 2.45) is 0 Å². The Hall–Kier alpha value is -7.86. The van der Waals surface area contributed by atoms with E-state index in [0.29, 0.717) is 11.1 Å². The molecule has 5 nitrogen and oxygen atoms in total. The number of nitrogens with zero attached hydrogens (tertiary/aromatic N) is 5. The topological polar surface area (TPSA) is 62.4 Å². The van der Waals surface area contributed by atoms with Crippen LogP contribution in [0.3, 0.4) is 0 Å². The lowest BCUT2D eigenvalue weighted by Gasteiger charge is -2.13.